The van der Waals surface area contributed by atoms with E-state index in [-0.39, 0.29) is 5.88 Å². The number of hydrogen-bond donors (Lipinski definition) is 1. The van der Waals surface area contributed by atoms with Crippen LogP contribution in [-0.2, 0) is 6.54 Å². The quantitative estimate of drug-likeness (QED) is 0.631. The van der Waals surface area contributed by atoms with Crippen molar-refractivity contribution >= 4 is 5.88 Å². The van der Waals surface area contributed by atoms with Gasteiger partial charge >= 0.3 is 5.88 Å². The minimum atomic E-state index is -0.513. The van der Waals surface area contributed by atoms with Crippen LogP contribution < -0.4 is 5.32 Å². The standard InChI is InChI=1S/C13H21N3O3/c1-11(10-15-7-3-2-4-8-15)14-9-12-5-6-13(19-12)16(17)18/h5-6,11,14H,2-4,7-10H2,1H3. The maximum absolute atomic E-state index is 10.5. The molecule has 0 spiro atoms. The van der Waals surface area contributed by atoms with Crippen molar-refractivity contribution < 1.29 is 9.34 Å². The highest BCUT2D eigenvalue weighted by Crippen LogP contribution is 2.15. The zero-order valence-electron chi connectivity index (χ0n) is 11.3. The monoisotopic (exact) mass is 267 g/mol. The highest BCUT2D eigenvalue weighted by molar-refractivity contribution is 5.17. The fourth-order valence-electron chi connectivity index (χ4n) is 2.43. The topological polar surface area (TPSA) is 71.5 Å². The molecular formula is C13H21N3O3. The Bertz CT molecular complexity index is 413. The Morgan fingerprint density at radius 1 is 1.42 bits per heavy atom. The number of likely N-dealkylation sites (tertiary alicyclic amines) is 1. The summed E-state index contributed by atoms with van der Waals surface area (Å²) in [6, 6.07) is 3.40. The van der Waals surface area contributed by atoms with Gasteiger partial charge in [0.15, 0.2) is 0 Å². The normalized spacial score (nSPS) is 18.4. The van der Waals surface area contributed by atoms with Gasteiger partial charge in [-0.05, 0) is 38.9 Å². The summed E-state index contributed by atoms with van der Waals surface area (Å²) in [5.74, 6) is 0.415. The molecule has 0 aromatic carbocycles. The van der Waals surface area contributed by atoms with Crippen molar-refractivity contribution in [2.45, 2.75) is 38.8 Å². The Labute approximate surface area is 112 Å². The molecule has 0 amide bonds. The van der Waals surface area contributed by atoms with Crippen molar-refractivity contribution in [2.75, 3.05) is 19.6 Å². The van der Waals surface area contributed by atoms with Crippen LogP contribution in [-0.4, -0.2) is 35.5 Å². The highest BCUT2D eigenvalue weighted by Gasteiger charge is 2.15. The Morgan fingerprint density at radius 3 is 2.79 bits per heavy atom. The van der Waals surface area contributed by atoms with Crippen molar-refractivity contribution in [3.8, 4) is 0 Å². The molecule has 1 aromatic rings. The summed E-state index contributed by atoms with van der Waals surface area (Å²) in [6.07, 6.45) is 3.92. The van der Waals surface area contributed by atoms with Gasteiger partial charge in [0, 0.05) is 12.6 Å². The molecule has 6 heteroatoms. The van der Waals surface area contributed by atoms with Crippen molar-refractivity contribution in [2.24, 2.45) is 0 Å². The van der Waals surface area contributed by atoms with Crippen LogP contribution >= 0.6 is 0 Å². The van der Waals surface area contributed by atoms with Crippen molar-refractivity contribution in [1.82, 2.24) is 10.2 Å². The Hall–Kier alpha value is -1.40. The minimum absolute atomic E-state index is 0.194. The van der Waals surface area contributed by atoms with Gasteiger partial charge in [-0.1, -0.05) is 6.42 Å². The fourth-order valence-corrected chi connectivity index (χ4v) is 2.43. The van der Waals surface area contributed by atoms with Crippen molar-refractivity contribution in [1.29, 1.82) is 0 Å². The number of furan rings is 1. The van der Waals surface area contributed by atoms with E-state index in [1.54, 1.807) is 6.07 Å². The number of hydrogen-bond acceptors (Lipinski definition) is 5. The van der Waals surface area contributed by atoms with Crippen LogP contribution in [0.15, 0.2) is 16.5 Å². The average Bonchev–Trinajstić information content (AvgIpc) is 2.86. The van der Waals surface area contributed by atoms with E-state index in [9.17, 15) is 10.1 Å². The van der Waals surface area contributed by atoms with Gasteiger partial charge in [0.1, 0.15) is 10.7 Å². The molecule has 2 rings (SSSR count). The third kappa shape index (κ3) is 4.33. The number of nitro groups is 1. The summed E-state index contributed by atoms with van der Waals surface area (Å²) in [7, 11) is 0. The van der Waals surface area contributed by atoms with Crippen LogP contribution in [0, 0.1) is 10.1 Å². The maximum atomic E-state index is 10.5. The van der Waals surface area contributed by atoms with E-state index < -0.39 is 4.92 Å². The maximum Gasteiger partial charge on any atom is 0.433 e. The van der Waals surface area contributed by atoms with E-state index in [0.717, 1.165) is 6.54 Å². The molecular weight excluding hydrogens is 246 g/mol. The SMILES string of the molecule is CC(CN1CCCCC1)NCc1ccc([N+](=O)[O-])o1. The Kier molecular flexibility index (Phi) is 4.93. The molecule has 6 nitrogen and oxygen atoms in total. The molecule has 106 valence electrons. The summed E-state index contributed by atoms with van der Waals surface area (Å²) in [5, 5.41) is 13.8. The second-order valence-corrected chi connectivity index (χ2v) is 5.14. The summed E-state index contributed by atoms with van der Waals surface area (Å²) < 4.78 is 5.11. The number of nitrogens with zero attached hydrogens (tertiary/aromatic N) is 2. The first kappa shape index (κ1) is 14.0. The lowest BCUT2D eigenvalue weighted by Gasteiger charge is -2.29. The van der Waals surface area contributed by atoms with Crippen LogP contribution in [0.5, 0.6) is 0 Å². The number of rotatable bonds is 6. The first-order chi connectivity index (χ1) is 9.15. The molecule has 0 radical (unpaired) electrons. The van der Waals surface area contributed by atoms with Crippen molar-refractivity contribution in [3.63, 3.8) is 0 Å². The van der Waals surface area contributed by atoms with Crippen LogP contribution in [0.2, 0.25) is 0 Å². The van der Waals surface area contributed by atoms with Gasteiger partial charge in [-0.3, -0.25) is 10.1 Å². The van der Waals surface area contributed by atoms with Crippen LogP contribution in [0.25, 0.3) is 0 Å². The van der Waals surface area contributed by atoms with E-state index in [0.29, 0.717) is 18.3 Å². The summed E-state index contributed by atoms with van der Waals surface area (Å²) in [5.41, 5.74) is 0. The van der Waals surface area contributed by atoms with E-state index in [1.807, 2.05) is 0 Å². The van der Waals surface area contributed by atoms with Crippen LogP contribution in [0.4, 0.5) is 5.88 Å². The first-order valence-electron chi connectivity index (χ1n) is 6.84. The number of nitrogens with one attached hydrogen (secondary N) is 1. The lowest BCUT2D eigenvalue weighted by Crippen LogP contribution is -2.41. The second-order valence-electron chi connectivity index (χ2n) is 5.14. The average molecular weight is 267 g/mol. The third-order valence-electron chi connectivity index (χ3n) is 3.43. The predicted molar refractivity (Wildman–Crippen MR) is 72.0 cm³/mol. The molecule has 0 saturated carbocycles. The summed E-state index contributed by atoms with van der Waals surface area (Å²) >= 11 is 0. The zero-order valence-corrected chi connectivity index (χ0v) is 11.3. The molecule has 1 aliphatic rings. The van der Waals surface area contributed by atoms with E-state index in [1.165, 1.54) is 38.4 Å². The molecule has 0 aliphatic carbocycles. The molecule has 1 atom stereocenters. The smallest absolute Gasteiger partial charge is 0.404 e. The molecule has 1 unspecified atom stereocenters. The summed E-state index contributed by atoms with van der Waals surface area (Å²) in [4.78, 5) is 12.5. The highest BCUT2D eigenvalue weighted by atomic mass is 16.6. The first-order valence-corrected chi connectivity index (χ1v) is 6.84. The summed E-state index contributed by atoms with van der Waals surface area (Å²) in [6.45, 7) is 6.04. The molecule has 0 bridgehead atoms. The molecule has 1 N–H and O–H groups in total. The molecule has 1 aromatic heterocycles. The molecule has 2 heterocycles. The van der Waals surface area contributed by atoms with Gasteiger partial charge in [-0.25, -0.2) is 0 Å². The van der Waals surface area contributed by atoms with Gasteiger partial charge < -0.3 is 14.6 Å². The predicted octanol–water partition coefficient (Wildman–Crippen LogP) is 2.15. The van der Waals surface area contributed by atoms with E-state index >= 15 is 0 Å². The van der Waals surface area contributed by atoms with Crippen molar-refractivity contribution in [3.05, 3.63) is 28.0 Å². The zero-order chi connectivity index (χ0) is 13.7. The van der Waals surface area contributed by atoms with E-state index in [2.05, 4.69) is 17.1 Å². The van der Waals surface area contributed by atoms with Gasteiger partial charge in [-0.15, -0.1) is 0 Å². The van der Waals surface area contributed by atoms with Crippen LogP contribution in [0.3, 0.4) is 0 Å². The third-order valence-corrected chi connectivity index (χ3v) is 3.43. The lowest BCUT2D eigenvalue weighted by molar-refractivity contribution is -0.402. The lowest BCUT2D eigenvalue weighted by atomic mass is 10.1. The largest absolute Gasteiger partial charge is 0.433 e. The number of piperidine rings is 1. The van der Waals surface area contributed by atoms with Gasteiger partial charge in [0.25, 0.3) is 0 Å². The van der Waals surface area contributed by atoms with Gasteiger partial charge in [-0.2, -0.15) is 0 Å². The Balaban J connectivity index is 1.72. The molecule has 19 heavy (non-hydrogen) atoms. The van der Waals surface area contributed by atoms with E-state index in [4.69, 9.17) is 4.42 Å². The molecule has 1 fully saturated rings. The Morgan fingerprint density at radius 2 is 2.16 bits per heavy atom. The molecule has 1 saturated heterocycles. The fraction of sp³-hybridized carbons (Fsp3) is 0.692. The van der Waals surface area contributed by atoms with Gasteiger partial charge in [0.05, 0.1) is 12.6 Å². The minimum Gasteiger partial charge on any atom is -0.404 e. The van der Waals surface area contributed by atoms with Gasteiger partial charge in [0.2, 0.25) is 0 Å². The molecule has 1 aliphatic heterocycles. The second kappa shape index (κ2) is 6.68. The van der Waals surface area contributed by atoms with Crippen LogP contribution in [0.1, 0.15) is 31.9 Å².